The van der Waals surface area contributed by atoms with E-state index in [1.54, 1.807) is 5.32 Å². The zero-order valence-corrected chi connectivity index (χ0v) is 8.28. The molecule has 0 aromatic heterocycles. The molecule has 1 rings (SSSR count). The molecule has 1 aromatic carbocycles. The van der Waals surface area contributed by atoms with Gasteiger partial charge in [-0.2, -0.15) is 0 Å². The molecule has 1 aromatic rings. The predicted molar refractivity (Wildman–Crippen MR) is 54.7 cm³/mol. The fraction of sp³-hybridized carbons (Fsp3) is 0.200. The predicted octanol–water partition coefficient (Wildman–Crippen LogP) is 1.11. The zero-order chi connectivity index (χ0) is 11.0. The van der Waals surface area contributed by atoms with Crippen molar-refractivity contribution in [2.24, 2.45) is 5.73 Å². The largest absolute Gasteiger partial charge is 0.351 e. The van der Waals surface area contributed by atoms with Crippen molar-refractivity contribution in [3.63, 3.8) is 0 Å². The van der Waals surface area contributed by atoms with Crippen molar-refractivity contribution in [1.82, 2.24) is 5.32 Å². The second kappa shape index (κ2) is 6.65. The first kappa shape index (κ1) is 12.2. The van der Waals surface area contributed by atoms with Crippen LogP contribution in [0.25, 0.3) is 0 Å². The summed E-state index contributed by atoms with van der Waals surface area (Å²) in [6, 6.07) is 7.62. The summed E-state index contributed by atoms with van der Waals surface area (Å²) in [6.45, 7) is 4.21. The molecule has 76 valence electrons. The van der Waals surface area contributed by atoms with E-state index in [-0.39, 0.29) is 6.41 Å². The van der Waals surface area contributed by atoms with E-state index in [0.29, 0.717) is 0 Å². The number of carbonyl (C=O) groups is 2. The third-order valence-electron chi connectivity index (χ3n) is 1.37. The van der Waals surface area contributed by atoms with Crippen LogP contribution in [0.4, 0.5) is 4.79 Å². The van der Waals surface area contributed by atoms with Crippen LogP contribution in [0.1, 0.15) is 11.1 Å². The molecule has 0 unspecified atom stereocenters. The average molecular weight is 194 g/mol. The number of imide groups is 1. The molecule has 0 aliphatic rings. The second-order valence-corrected chi connectivity index (χ2v) is 2.78. The van der Waals surface area contributed by atoms with Gasteiger partial charge in [0.2, 0.25) is 6.41 Å². The minimum Gasteiger partial charge on any atom is -0.351 e. The number of nitrogens with one attached hydrogen (secondary N) is 1. The van der Waals surface area contributed by atoms with Crippen molar-refractivity contribution in [2.75, 3.05) is 0 Å². The maximum absolute atomic E-state index is 9.48. The van der Waals surface area contributed by atoms with Crippen molar-refractivity contribution in [2.45, 2.75) is 13.8 Å². The highest BCUT2D eigenvalue weighted by atomic mass is 16.2. The van der Waals surface area contributed by atoms with Crippen LogP contribution in [0.15, 0.2) is 24.3 Å². The molecule has 4 heteroatoms. The van der Waals surface area contributed by atoms with E-state index in [1.807, 2.05) is 0 Å². The van der Waals surface area contributed by atoms with E-state index < -0.39 is 6.03 Å². The van der Waals surface area contributed by atoms with Gasteiger partial charge in [-0.1, -0.05) is 35.4 Å². The first-order valence-corrected chi connectivity index (χ1v) is 4.09. The quantitative estimate of drug-likeness (QED) is 0.657. The number of benzene rings is 1. The average Bonchev–Trinajstić information content (AvgIpc) is 2.03. The number of amides is 3. The summed E-state index contributed by atoms with van der Waals surface area (Å²) in [5.41, 5.74) is 7.10. The second-order valence-electron chi connectivity index (χ2n) is 2.78. The van der Waals surface area contributed by atoms with Crippen LogP contribution < -0.4 is 11.1 Å². The van der Waals surface area contributed by atoms with Gasteiger partial charge >= 0.3 is 6.03 Å². The highest BCUT2D eigenvalue weighted by molar-refractivity contribution is 5.82. The van der Waals surface area contributed by atoms with Gasteiger partial charge in [0, 0.05) is 0 Å². The van der Waals surface area contributed by atoms with Gasteiger partial charge in [-0.25, -0.2) is 4.79 Å². The van der Waals surface area contributed by atoms with Crippen LogP contribution in [0, 0.1) is 13.8 Å². The fourth-order valence-electron chi connectivity index (χ4n) is 0.865. The molecule has 3 amide bonds. The molecule has 0 fully saturated rings. The van der Waals surface area contributed by atoms with Crippen LogP contribution in [0.3, 0.4) is 0 Å². The summed E-state index contributed by atoms with van der Waals surface area (Å²) in [4.78, 5) is 18.7. The van der Waals surface area contributed by atoms with Gasteiger partial charge in [-0.3, -0.25) is 10.1 Å². The summed E-state index contributed by atoms with van der Waals surface area (Å²) < 4.78 is 0. The molecule has 0 spiro atoms. The van der Waals surface area contributed by atoms with Gasteiger partial charge in [0.15, 0.2) is 0 Å². The minimum absolute atomic E-state index is 0.225. The molecule has 0 saturated heterocycles. The molecule has 0 aliphatic heterocycles. The Labute approximate surface area is 83.1 Å². The van der Waals surface area contributed by atoms with Crippen molar-refractivity contribution in [3.05, 3.63) is 35.4 Å². The number of nitrogens with two attached hydrogens (primary N) is 1. The van der Waals surface area contributed by atoms with Gasteiger partial charge in [0.1, 0.15) is 0 Å². The van der Waals surface area contributed by atoms with Crippen LogP contribution in [-0.4, -0.2) is 12.4 Å². The van der Waals surface area contributed by atoms with Crippen molar-refractivity contribution in [1.29, 1.82) is 0 Å². The molecular weight excluding hydrogens is 180 g/mol. The van der Waals surface area contributed by atoms with E-state index in [1.165, 1.54) is 11.1 Å². The Bertz CT molecular complexity index is 293. The summed E-state index contributed by atoms with van der Waals surface area (Å²) in [7, 11) is 0. The molecule has 0 heterocycles. The minimum atomic E-state index is -0.829. The highest BCUT2D eigenvalue weighted by Gasteiger charge is 1.80. The first-order valence-electron chi connectivity index (χ1n) is 4.09. The lowest BCUT2D eigenvalue weighted by Crippen LogP contribution is -2.27. The Hall–Kier alpha value is -1.84. The molecule has 3 N–H and O–H groups in total. The normalized spacial score (nSPS) is 8.14. The lowest BCUT2D eigenvalue weighted by molar-refractivity contribution is -0.108. The van der Waals surface area contributed by atoms with Gasteiger partial charge in [-0.15, -0.1) is 0 Å². The fourth-order valence-corrected chi connectivity index (χ4v) is 0.865. The molecular formula is C10H14N2O2. The van der Waals surface area contributed by atoms with Gasteiger partial charge in [0.05, 0.1) is 0 Å². The number of hydrogen-bond acceptors (Lipinski definition) is 2. The third-order valence-corrected chi connectivity index (χ3v) is 1.37. The van der Waals surface area contributed by atoms with Crippen LogP contribution in [-0.2, 0) is 4.79 Å². The van der Waals surface area contributed by atoms with Crippen molar-refractivity contribution in [3.8, 4) is 0 Å². The van der Waals surface area contributed by atoms with Crippen molar-refractivity contribution >= 4 is 12.4 Å². The van der Waals surface area contributed by atoms with E-state index in [2.05, 4.69) is 43.8 Å². The topological polar surface area (TPSA) is 72.2 Å². The SMILES string of the molecule is Cc1cccc(C)c1.NC(=O)NC=O. The van der Waals surface area contributed by atoms with E-state index >= 15 is 0 Å². The maximum atomic E-state index is 9.48. The van der Waals surface area contributed by atoms with Gasteiger partial charge in [-0.05, 0) is 13.8 Å². The highest BCUT2D eigenvalue weighted by Crippen LogP contribution is 2.00. The Balaban J connectivity index is 0.000000255. The van der Waals surface area contributed by atoms with Crippen molar-refractivity contribution < 1.29 is 9.59 Å². The number of rotatable bonds is 1. The number of primary amides is 1. The molecule has 0 bridgehead atoms. The standard InChI is InChI=1S/C8H10.C2H4N2O2/c1-7-4-3-5-8(2)6-7;3-2(6)4-1-5/h3-6H,1-2H3;1H,(H3,3,4,5,6). The summed E-state index contributed by atoms with van der Waals surface area (Å²) >= 11 is 0. The molecule has 0 aliphatic carbocycles. The number of hydrogen-bond donors (Lipinski definition) is 2. The Morgan fingerprint density at radius 2 is 1.86 bits per heavy atom. The van der Waals surface area contributed by atoms with Gasteiger partial charge in [0.25, 0.3) is 0 Å². The molecule has 0 atom stereocenters. The lowest BCUT2D eigenvalue weighted by atomic mass is 10.2. The molecule has 14 heavy (non-hydrogen) atoms. The molecule has 4 nitrogen and oxygen atoms in total. The first-order chi connectivity index (χ1) is 6.56. The monoisotopic (exact) mass is 194 g/mol. The van der Waals surface area contributed by atoms with Crippen LogP contribution >= 0.6 is 0 Å². The Kier molecular flexibility index (Phi) is 5.78. The summed E-state index contributed by atoms with van der Waals surface area (Å²) in [5.74, 6) is 0. The number of carbonyl (C=O) groups excluding carboxylic acids is 2. The third kappa shape index (κ3) is 6.84. The van der Waals surface area contributed by atoms with Gasteiger partial charge < -0.3 is 5.73 Å². The van der Waals surface area contributed by atoms with Crippen LogP contribution in [0.5, 0.6) is 0 Å². The number of urea groups is 1. The number of aryl methyl sites for hydroxylation is 2. The smallest absolute Gasteiger partial charge is 0.318 e. The maximum Gasteiger partial charge on any atom is 0.318 e. The Morgan fingerprint density at radius 3 is 2.00 bits per heavy atom. The Morgan fingerprint density at radius 1 is 1.36 bits per heavy atom. The zero-order valence-electron chi connectivity index (χ0n) is 8.28. The van der Waals surface area contributed by atoms with E-state index in [4.69, 9.17) is 0 Å². The summed E-state index contributed by atoms with van der Waals surface area (Å²) in [5, 5.41) is 1.67. The molecule has 0 saturated carbocycles. The molecule has 0 radical (unpaired) electrons. The van der Waals surface area contributed by atoms with Crippen LogP contribution in [0.2, 0.25) is 0 Å². The van der Waals surface area contributed by atoms with E-state index in [0.717, 1.165) is 0 Å². The lowest BCUT2D eigenvalue weighted by Gasteiger charge is -1.90. The van der Waals surface area contributed by atoms with E-state index in [9.17, 15) is 9.59 Å². The summed E-state index contributed by atoms with van der Waals surface area (Å²) in [6.07, 6.45) is 0.225.